The van der Waals surface area contributed by atoms with Gasteiger partial charge in [0.05, 0.1) is 0 Å². The van der Waals surface area contributed by atoms with Crippen LogP contribution in [0.4, 0.5) is 0 Å². The fourth-order valence-electron chi connectivity index (χ4n) is 1.70. The van der Waals surface area contributed by atoms with Crippen molar-refractivity contribution in [1.29, 1.82) is 0 Å². The van der Waals surface area contributed by atoms with E-state index in [1.807, 2.05) is 18.2 Å². The molecule has 0 aliphatic heterocycles. The maximum atomic E-state index is 6.13. The van der Waals surface area contributed by atoms with Crippen LogP contribution in [0.3, 0.4) is 0 Å². The lowest BCUT2D eigenvalue weighted by Gasteiger charge is -2.21. The summed E-state index contributed by atoms with van der Waals surface area (Å²) < 4.78 is 0. The topological polar surface area (TPSA) is 29.3 Å². The molecule has 0 aliphatic carbocycles. The first kappa shape index (κ1) is 14.5. The Bertz CT molecular complexity index is 339. The van der Waals surface area contributed by atoms with E-state index in [0.29, 0.717) is 5.92 Å². The molecule has 1 atom stereocenters. The molecule has 1 unspecified atom stereocenters. The van der Waals surface area contributed by atoms with E-state index in [0.717, 1.165) is 24.5 Å². The number of halogens is 1. The largest absolute Gasteiger partial charge is 0.327 e. The highest BCUT2D eigenvalue weighted by Gasteiger charge is 2.09. The van der Waals surface area contributed by atoms with Crippen molar-refractivity contribution < 1.29 is 0 Å². The molecular weight excluding hydrogens is 232 g/mol. The number of hydrogen-bond donors (Lipinski definition) is 1. The van der Waals surface area contributed by atoms with Crippen LogP contribution in [-0.2, 0) is 6.54 Å². The van der Waals surface area contributed by atoms with Crippen LogP contribution in [0, 0.1) is 5.92 Å². The quantitative estimate of drug-likeness (QED) is 0.845. The highest BCUT2D eigenvalue weighted by atomic mass is 35.5. The Labute approximate surface area is 110 Å². The van der Waals surface area contributed by atoms with Gasteiger partial charge in [-0.1, -0.05) is 43.6 Å². The first-order chi connectivity index (χ1) is 8.00. The van der Waals surface area contributed by atoms with Crippen molar-refractivity contribution in [3.63, 3.8) is 0 Å². The van der Waals surface area contributed by atoms with Gasteiger partial charge in [-0.05, 0) is 37.6 Å². The van der Waals surface area contributed by atoms with Crippen LogP contribution in [-0.4, -0.2) is 24.5 Å². The summed E-state index contributed by atoms with van der Waals surface area (Å²) in [6.45, 7) is 6.21. The normalized spacial score (nSPS) is 13.4. The van der Waals surface area contributed by atoms with Gasteiger partial charge in [0.15, 0.2) is 0 Å². The lowest BCUT2D eigenvalue weighted by Crippen LogP contribution is -2.31. The molecule has 96 valence electrons. The molecule has 0 fully saturated rings. The SMILES string of the molecule is CC(C)C(N)CCN(C)Cc1ccccc1Cl. The first-order valence-electron chi connectivity index (χ1n) is 6.18. The predicted molar refractivity (Wildman–Crippen MR) is 75.2 cm³/mol. The van der Waals surface area contributed by atoms with Gasteiger partial charge in [0.2, 0.25) is 0 Å². The zero-order chi connectivity index (χ0) is 12.8. The van der Waals surface area contributed by atoms with Crippen LogP contribution in [0.2, 0.25) is 5.02 Å². The highest BCUT2D eigenvalue weighted by molar-refractivity contribution is 6.31. The molecule has 1 aromatic rings. The molecule has 0 spiro atoms. The van der Waals surface area contributed by atoms with Crippen molar-refractivity contribution in [2.24, 2.45) is 11.7 Å². The molecule has 2 nitrogen and oxygen atoms in total. The Kier molecular flexibility index (Phi) is 5.96. The molecule has 0 heterocycles. The first-order valence-corrected chi connectivity index (χ1v) is 6.56. The minimum Gasteiger partial charge on any atom is -0.327 e. The van der Waals surface area contributed by atoms with E-state index >= 15 is 0 Å². The summed E-state index contributed by atoms with van der Waals surface area (Å²) in [7, 11) is 2.11. The zero-order valence-electron chi connectivity index (χ0n) is 11.0. The maximum Gasteiger partial charge on any atom is 0.0451 e. The number of hydrogen-bond acceptors (Lipinski definition) is 2. The highest BCUT2D eigenvalue weighted by Crippen LogP contribution is 2.16. The average Bonchev–Trinajstić information content (AvgIpc) is 2.29. The molecule has 0 bridgehead atoms. The summed E-state index contributed by atoms with van der Waals surface area (Å²) in [5.74, 6) is 0.545. The summed E-state index contributed by atoms with van der Waals surface area (Å²) in [4.78, 5) is 2.27. The Morgan fingerprint density at radius 2 is 1.94 bits per heavy atom. The second kappa shape index (κ2) is 7.00. The average molecular weight is 255 g/mol. The van der Waals surface area contributed by atoms with Crippen LogP contribution in [0.1, 0.15) is 25.8 Å². The lowest BCUT2D eigenvalue weighted by molar-refractivity contribution is 0.296. The van der Waals surface area contributed by atoms with Crippen LogP contribution >= 0.6 is 11.6 Å². The van der Waals surface area contributed by atoms with Gasteiger partial charge in [0.1, 0.15) is 0 Å². The third-order valence-corrected chi connectivity index (χ3v) is 3.47. The van der Waals surface area contributed by atoms with Crippen molar-refractivity contribution in [2.45, 2.75) is 32.9 Å². The summed E-state index contributed by atoms with van der Waals surface area (Å²) in [6, 6.07) is 8.27. The number of nitrogens with zero attached hydrogens (tertiary/aromatic N) is 1. The molecule has 0 amide bonds. The number of benzene rings is 1. The van der Waals surface area contributed by atoms with E-state index in [2.05, 4.69) is 31.9 Å². The van der Waals surface area contributed by atoms with Crippen molar-refractivity contribution in [3.8, 4) is 0 Å². The van der Waals surface area contributed by atoms with Crippen LogP contribution in [0.25, 0.3) is 0 Å². The van der Waals surface area contributed by atoms with Crippen LogP contribution < -0.4 is 5.73 Å². The third kappa shape index (κ3) is 5.07. The molecule has 0 radical (unpaired) electrons. The molecule has 3 heteroatoms. The molecule has 0 aliphatic rings. The van der Waals surface area contributed by atoms with Gasteiger partial charge in [-0.2, -0.15) is 0 Å². The third-order valence-electron chi connectivity index (χ3n) is 3.10. The Hall–Kier alpha value is -0.570. The van der Waals surface area contributed by atoms with E-state index in [4.69, 9.17) is 17.3 Å². The molecule has 0 aromatic heterocycles. The minimum atomic E-state index is 0.281. The van der Waals surface area contributed by atoms with E-state index in [1.54, 1.807) is 0 Å². The molecule has 2 N–H and O–H groups in total. The summed E-state index contributed by atoms with van der Waals surface area (Å²) in [6.07, 6.45) is 1.03. The van der Waals surface area contributed by atoms with Crippen molar-refractivity contribution in [2.75, 3.05) is 13.6 Å². The Balaban J connectivity index is 2.40. The Morgan fingerprint density at radius 1 is 1.29 bits per heavy atom. The molecule has 17 heavy (non-hydrogen) atoms. The number of nitrogens with two attached hydrogens (primary N) is 1. The smallest absolute Gasteiger partial charge is 0.0451 e. The molecule has 0 saturated carbocycles. The van der Waals surface area contributed by atoms with Gasteiger partial charge in [-0.3, -0.25) is 0 Å². The summed E-state index contributed by atoms with van der Waals surface area (Å²) in [5, 5.41) is 0.840. The maximum absolute atomic E-state index is 6.13. The molecular formula is C14H23ClN2. The van der Waals surface area contributed by atoms with Crippen molar-refractivity contribution in [1.82, 2.24) is 4.90 Å². The minimum absolute atomic E-state index is 0.281. The molecule has 1 aromatic carbocycles. The van der Waals surface area contributed by atoms with E-state index in [1.165, 1.54) is 5.56 Å². The van der Waals surface area contributed by atoms with Gasteiger partial charge >= 0.3 is 0 Å². The second-order valence-corrected chi connectivity index (χ2v) is 5.43. The van der Waals surface area contributed by atoms with Gasteiger partial charge in [0.25, 0.3) is 0 Å². The van der Waals surface area contributed by atoms with Crippen molar-refractivity contribution >= 4 is 11.6 Å². The predicted octanol–water partition coefficient (Wildman–Crippen LogP) is 3.15. The lowest BCUT2D eigenvalue weighted by atomic mass is 10.0. The van der Waals surface area contributed by atoms with Gasteiger partial charge in [-0.15, -0.1) is 0 Å². The monoisotopic (exact) mass is 254 g/mol. The van der Waals surface area contributed by atoms with E-state index in [9.17, 15) is 0 Å². The number of rotatable bonds is 6. The van der Waals surface area contributed by atoms with Crippen LogP contribution in [0.15, 0.2) is 24.3 Å². The van der Waals surface area contributed by atoms with Gasteiger partial charge < -0.3 is 10.6 Å². The van der Waals surface area contributed by atoms with Gasteiger partial charge in [-0.25, -0.2) is 0 Å². The summed E-state index contributed by atoms with van der Waals surface area (Å²) in [5.41, 5.74) is 7.21. The second-order valence-electron chi connectivity index (χ2n) is 5.03. The fraction of sp³-hybridized carbons (Fsp3) is 0.571. The molecule has 0 saturated heterocycles. The standard InChI is InChI=1S/C14H23ClN2/c1-11(2)14(16)8-9-17(3)10-12-6-4-5-7-13(12)15/h4-7,11,14H,8-10,16H2,1-3H3. The van der Waals surface area contributed by atoms with E-state index in [-0.39, 0.29) is 6.04 Å². The fourth-order valence-corrected chi connectivity index (χ4v) is 1.89. The van der Waals surface area contributed by atoms with Crippen LogP contribution in [0.5, 0.6) is 0 Å². The van der Waals surface area contributed by atoms with Gasteiger partial charge in [0, 0.05) is 17.6 Å². The Morgan fingerprint density at radius 3 is 2.53 bits per heavy atom. The van der Waals surface area contributed by atoms with E-state index < -0.39 is 0 Å². The zero-order valence-corrected chi connectivity index (χ0v) is 11.7. The van der Waals surface area contributed by atoms with Crippen molar-refractivity contribution in [3.05, 3.63) is 34.9 Å². The molecule has 1 rings (SSSR count). The summed E-state index contributed by atoms with van der Waals surface area (Å²) >= 11 is 6.13.